The fourth-order valence-corrected chi connectivity index (χ4v) is 2.25. The van der Waals surface area contributed by atoms with Gasteiger partial charge in [0.25, 0.3) is 0 Å². The fourth-order valence-electron chi connectivity index (χ4n) is 2.25. The molecule has 0 spiro atoms. The average Bonchev–Trinajstić information content (AvgIpc) is 2.47. The van der Waals surface area contributed by atoms with Crippen LogP contribution < -0.4 is 16.4 Å². The van der Waals surface area contributed by atoms with Crippen LogP contribution in [0.25, 0.3) is 0 Å². The molecule has 1 aliphatic heterocycles. The maximum Gasteiger partial charge on any atom is 0.149 e. The summed E-state index contributed by atoms with van der Waals surface area (Å²) >= 11 is 0. The first kappa shape index (κ1) is 11.0. The highest BCUT2D eigenvalue weighted by atomic mass is 15.2. The molecule has 0 amide bonds. The number of hydrogen-bond acceptors (Lipinski definition) is 4. The highest BCUT2D eigenvalue weighted by Crippen LogP contribution is 2.24. The number of hydrogen-bond donors (Lipinski definition) is 2. The maximum atomic E-state index is 5.75. The van der Waals surface area contributed by atoms with Crippen molar-refractivity contribution in [1.29, 1.82) is 0 Å². The normalized spacial score (nSPS) is 21.8. The standard InChI is InChI=1S/C12H20N4/c1-9-5-3-2-4-8-16(9)11-7-6-10(13)12(14)15-11/h6-7,9H,2-5,8,13H2,1H3,(H2,14,15). The molecule has 2 rings (SSSR count). The molecule has 16 heavy (non-hydrogen) atoms. The van der Waals surface area contributed by atoms with Crippen molar-refractivity contribution < 1.29 is 0 Å². The van der Waals surface area contributed by atoms with Gasteiger partial charge in [0, 0.05) is 12.6 Å². The summed E-state index contributed by atoms with van der Waals surface area (Å²) in [4.78, 5) is 6.70. The summed E-state index contributed by atoms with van der Waals surface area (Å²) in [7, 11) is 0. The Balaban J connectivity index is 2.23. The molecule has 1 unspecified atom stereocenters. The molecule has 0 radical (unpaired) electrons. The molecule has 1 atom stereocenters. The summed E-state index contributed by atoms with van der Waals surface area (Å²) in [6.45, 7) is 3.32. The van der Waals surface area contributed by atoms with E-state index in [1.54, 1.807) is 0 Å². The minimum absolute atomic E-state index is 0.439. The van der Waals surface area contributed by atoms with E-state index in [4.69, 9.17) is 11.5 Å². The summed E-state index contributed by atoms with van der Waals surface area (Å²) < 4.78 is 0. The topological polar surface area (TPSA) is 68.2 Å². The lowest BCUT2D eigenvalue weighted by atomic mass is 10.1. The van der Waals surface area contributed by atoms with Crippen LogP contribution in [0, 0.1) is 0 Å². The van der Waals surface area contributed by atoms with Gasteiger partial charge >= 0.3 is 0 Å². The summed E-state index contributed by atoms with van der Waals surface area (Å²) in [5, 5.41) is 0. The van der Waals surface area contributed by atoms with Crippen LogP contribution in [0.4, 0.5) is 17.3 Å². The van der Waals surface area contributed by atoms with Crippen LogP contribution in [0.2, 0.25) is 0 Å². The zero-order valence-corrected chi connectivity index (χ0v) is 9.82. The van der Waals surface area contributed by atoms with E-state index in [9.17, 15) is 0 Å². The number of aromatic nitrogens is 1. The summed E-state index contributed by atoms with van der Waals surface area (Å²) in [6, 6.07) is 4.35. The zero-order valence-electron chi connectivity index (χ0n) is 9.82. The number of nitrogens with two attached hydrogens (primary N) is 2. The van der Waals surface area contributed by atoms with Gasteiger partial charge in [-0.1, -0.05) is 12.8 Å². The van der Waals surface area contributed by atoms with Crippen molar-refractivity contribution in [2.75, 3.05) is 22.9 Å². The second kappa shape index (κ2) is 4.60. The third-order valence-electron chi connectivity index (χ3n) is 3.29. The Morgan fingerprint density at radius 1 is 1.25 bits per heavy atom. The molecule has 1 saturated heterocycles. The van der Waals surface area contributed by atoms with E-state index in [1.165, 1.54) is 25.7 Å². The Morgan fingerprint density at radius 2 is 2.06 bits per heavy atom. The quantitative estimate of drug-likeness (QED) is 0.759. The molecule has 0 bridgehead atoms. The minimum atomic E-state index is 0.439. The van der Waals surface area contributed by atoms with Crippen molar-refractivity contribution in [3.63, 3.8) is 0 Å². The molecule has 4 N–H and O–H groups in total. The number of anilines is 3. The second-order valence-electron chi connectivity index (χ2n) is 4.54. The first-order chi connectivity index (χ1) is 7.68. The minimum Gasteiger partial charge on any atom is -0.396 e. The SMILES string of the molecule is CC1CCCCCN1c1ccc(N)c(N)n1. The molecule has 0 saturated carbocycles. The first-order valence-electron chi connectivity index (χ1n) is 5.97. The predicted octanol–water partition coefficient (Wildman–Crippen LogP) is 2.01. The molecule has 0 aromatic carbocycles. The Labute approximate surface area is 96.6 Å². The van der Waals surface area contributed by atoms with E-state index in [0.717, 1.165) is 12.4 Å². The van der Waals surface area contributed by atoms with Crippen LogP contribution in [-0.4, -0.2) is 17.6 Å². The summed E-state index contributed by atoms with van der Waals surface area (Å²) in [5.41, 5.74) is 12.0. The van der Waals surface area contributed by atoms with E-state index in [0.29, 0.717) is 17.5 Å². The molecule has 88 valence electrons. The Kier molecular flexibility index (Phi) is 3.17. The Morgan fingerprint density at radius 3 is 2.81 bits per heavy atom. The lowest BCUT2D eigenvalue weighted by molar-refractivity contribution is 0.611. The predicted molar refractivity (Wildman–Crippen MR) is 68.3 cm³/mol. The van der Waals surface area contributed by atoms with Crippen molar-refractivity contribution in [3.05, 3.63) is 12.1 Å². The third-order valence-corrected chi connectivity index (χ3v) is 3.29. The van der Waals surface area contributed by atoms with Gasteiger partial charge in [-0.15, -0.1) is 0 Å². The lowest BCUT2D eigenvalue weighted by Gasteiger charge is -2.28. The highest BCUT2D eigenvalue weighted by Gasteiger charge is 2.18. The smallest absolute Gasteiger partial charge is 0.149 e. The van der Waals surface area contributed by atoms with E-state index in [1.807, 2.05) is 12.1 Å². The second-order valence-corrected chi connectivity index (χ2v) is 4.54. The molecular weight excluding hydrogens is 200 g/mol. The van der Waals surface area contributed by atoms with Crippen molar-refractivity contribution in [3.8, 4) is 0 Å². The van der Waals surface area contributed by atoms with Gasteiger partial charge in [0.05, 0.1) is 5.69 Å². The van der Waals surface area contributed by atoms with Gasteiger partial charge in [0.1, 0.15) is 11.6 Å². The first-order valence-corrected chi connectivity index (χ1v) is 5.97. The largest absolute Gasteiger partial charge is 0.396 e. The van der Waals surface area contributed by atoms with Gasteiger partial charge < -0.3 is 16.4 Å². The van der Waals surface area contributed by atoms with Crippen LogP contribution in [0.3, 0.4) is 0 Å². The molecule has 4 heteroatoms. The van der Waals surface area contributed by atoms with Crippen LogP contribution in [0.1, 0.15) is 32.6 Å². The molecule has 1 aromatic rings. The van der Waals surface area contributed by atoms with E-state index >= 15 is 0 Å². The van der Waals surface area contributed by atoms with Gasteiger partial charge in [-0.25, -0.2) is 4.98 Å². The number of nitrogens with zero attached hydrogens (tertiary/aromatic N) is 2. The van der Waals surface area contributed by atoms with Crippen LogP contribution in [-0.2, 0) is 0 Å². The van der Waals surface area contributed by atoms with Crippen LogP contribution in [0.15, 0.2) is 12.1 Å². The van der Waals surface area contributed by atoms with E-state index in [2.05, 4.69) is 16.8 Å². The number of rotatable bonds is 1. The molecule has 1 aliphatic rings. The summed E-state index contributed by atoms with van der Waals surface area (Å²) in [6.07, 6.45) is 5.08. The van der Waals surface area contributed by atoms with E-state index in [-0.39, 0.29) is 0 Å². The molecule has 1 aromatic heterocycles. The monoisotopic (exact) mass is 220 g/mol. The fraction of sp³-hybridized carbons (Fsp3) is 0.583. The Bertz CT molecular complexity index is 364. The van der Waals surface area contributed by atoms with Crippen LogP contribution >= 0.6 is 0 Å². The zero-order chi connectivity index (χ0) is 11.5. The molecule has 2 heterocycles. The van der Waals surface area contributed by atoms with E-state index < -0.39 is 0 Å². The molecule has 1 fully saturated rings. The van der Waals surface area contributed by atoms with Gasteiger partial charge in [-0.2, -0.15) is 0 Å². The van der Waals surface area contributed by atoms with Crippen molar-refractivity contribution in [1.82, 2.24) is 4.98 Å². The third kappa shape index (κ3) is 2.21. The average molecular weight is 220 g/mol. The number of nitrogen functional groups attached to an aromatic ring is 2. The Hall–Kier alpha value is -1.45. The van der Waals surface area contributed by atoms with Gasteiger partial charge in [0.2, 0.25) is 0 Å². The lowest BCUT2D eigenvalue weighted by Crippen LogP contribution is -2.33. The number of pyridine rings is 1. The van der Waals surface area contributed by atoms with Gasteiger partial charge in [0.15, 0.2) is 0 Å². The van der Waals surface area contributed by atoms with Gasteiger partial charge in [-0.05, 0) is 31.9 Å². The van der Waals surface area contributed by atoms with Crippen molar-refractivity contribution >= 4 is 17.3 Å². The highest BCUT2D eigenvalue weighted by molar-refractivity contribution is 5.62. The summed E-state index contributed by atoms with van der Waals surface area (Å²) in [5.74, 6) is 1.40. The van der Waals surface area contributed by atoms with Crippen LogP contribution in [0.5, 0.6) is 0 Å². The maximum absolute atomic E-state index is 5.75. The molecular formula is C12H20N4. The van der Waals surface area contributed by atoms with Gasteiger partial charge in [-0.3, -0.25) is 0 Å². The van der Waals surface area contributed by atoms with Crippen molar-refractivity contribution in [2.45, 2.75) is 38.6 Å². The van der Waals surface area contributed by atoms with Crippen molar-refractivity contribution in [2.24, 2.45) is 0 Å². The molecule has 0 aliphatic carbocycles. The molecule has 4 nitrogen and oxygen atoms in total.